The highest BCUT2D eigenvalue weighted by atomic mass is 32.1. The van der Waals surface area contributed by atoms with Gasteiger partial charge in [0.15, 0.2) is 6.61 Å². The first-order valence-electron chi connectivity index (χ1n) is 19.1. The fourth-order valence-corrected chi connectivity index (χ4v) is 7.84. The van der Waals surface area contributed by atoms with E-state index in [2.05, 4.69) is 43.1 Å². The van der Waals surface area contributed by atoms with Gasteiger partial charge in [0.05, 0.1) is 52.8 Å². The molecule has 4 aromatic rings. The van der Waals surface area contributed by atoms with E-state index in [9.17, 15) is 9.59 Å². The van der Waals surface area contributed by atoms with Gasteiger partial charge >= 0.3 is 0 Å². The van der Waals surface area contributed by atoms with Crippen LogP contribution >= 0.6 is 11.3 Å². The van der Waals surface area contributed by atoms with Gasteiger partial charge in [-0.05, 0) is 70.8 Å². The van der Waals surface area contributed by atoms with Gasteiger partial charge in [0.1, 0.15) is 0 Å². The van der Waals surface area contributed by atoms with Crippen molar-refractivity contribution in [2.24, 2.45) is 0 Å². The Morgan fingerprint density at radius 2 is 1.84 bits per heavy atom. The highest BCUT2D eigenvalue weighted by Gasteiger charge is 2.35. The lowest BCUT2D eigenvalue weighted by Crippen LogP contribution is -2.44. The number of methoxy groups -OCH3 is 1. The maximum atomic E-state index is 15.9. The second-order valence-electron chi connectivity index (χ2n) is 14.3. The number of alkyl halides is 2. The molecule has 300 valence electrons. The van der Waals surface area contributed by atoms with Gasteiger partial charge in [-0.25, -0.2) is 19.2 Å². The molecular weight excluding hydrogens is 729 g/mol. The number of hydrogen-bond acceptors (Lipinski definition) is 11. The number of hydrazine groups is 1. The van der Waals surface area contributed by atoms with E-state index in [0.717, 1.165) is 92.3 Å². The van der Waals surface area contributed by atoms with Gasteiger partial charge in [0.2, 0.25) is 6.41 Å². The number of benzene rings is 1. The van der Waals surface area contributed by atoms with Crippen LogP contribution in [0.1, 0.15) is 68.8 Å². The fraction of sp³-hybridized carbons (Fsp3) is 0.550. The number of thiazole rings is 1. The lowest BCUT2D eigenvalue weighted by molar-refractivity contribution is -0.140. The van der Waals surface area contributed by atoms with Crippen LogP contribution in [0.15, 0.2) is 35.8 Å². The molecule has 12 nitrogen and oxygen atoms in total. The highest BCUT2D eigenvalue weighted by Crippen LogP contribution is 2.42. The maximum Gasteiger partial charge on any atom is 0.293 e. The first-order chi connectivity index (χ1) is 26.5. The number of nitrogens with one attached hydrogen (secondary N) is 2. The van der Waals surface area contributed by atoms with Crippen molar-refractivity contribution in [2.75, 3.05) is 65.0 Å². The summed E-state index contributed by atoms with van der Waals surface area (Å²) < 4.78 is 50.4. The third-order valence-electron chi connectivity index (χ3n) is 9.95. The number of rotatable bonds is 23. The number of fused-ring (bicyclic) bond motifs is 1. The first kappa shape index (κ1) is 42.1. The number of anilines is 1. The number of amides is 1. The molecule has 0 aliphatic carbocycles. The van der Waals surface area contributed by atoms with Gasteiger partial charge in [-0.2, -0.15) is 0 Å². The van der Waals surface area contributed by atoms with E-state index in [1.54, 1.807) is 18.4 Å². The Balaban J connectivity index is 1.60. The monoisotopic (exact) mass is 783 g/mol. The lowest BCUT2D eigenvalue weighted by atomic mass is 9.96. The number of likely N-dealkylation sites (N-methyl/N-ethyl adjacent to an activating group) is 1. The zero-order chi connectivity index (χ0) is 39.4. The highest BCUT2D eigenvalue weighted by molar-refractivity contribution is 7.09. The fourth-order valence-electron chi connectivity index (χ4n) is 6.99. The summed E-state index contributed by atoms with van der Waals surface area (Å²) in [7, 11) is 3.72. The second kappa shape index (κ2) is 20.2. The van der Waals surface area contributed by atoms with Crippen molar-refractivity contribution < 1.29 is 32.6 Å². The normalized spacial score (nSPS) is 14.5. The molecule has 1 fully saturated rings. The summed E-state index contributed by atoms with van der Waals surface area (Å²) in [5.41, 5.74) is 11.0. The Bertz CT molecular complexity index is 1840. The molecule has 1 unspecified atom stereocenters. The molecule has 4 heterocycles. The minimum absolute atomic E-state index is 0.0194. The van der Waals surface area contributed by atoms with Crippen molar-refractivity contribution in [3.05, 3.63) is 52.1 Å². The van der Waals surface area contributed by atoms with Crippen LogP contribution in [0.25, 0.3) is 33.4 Å². The smallest absolute Gasteiger partial charge is 0.293 e. The molecule has 0 spiro atoms. The van der Waals surface area contributed by atoms with Crippen molar-refractivity contribution in [3.63, 3.8) is 0 Å². The Hall–Kier alpha value is -4.02. The summed E-state index contributed by atoms with van der Waals surface area (Å²) in [5, 5.41) is 3.70. The SMILES string of the molecule is COC(C)c1ncc(N2CCN(C)CC2)cc1-c1c(CC(F)(F)COC=O)c2cc(-c3csc(CCCCCCNNC=O)n3)ccc2n1CCOC(C)C. The molecule has 0 saturated carbocycles. The number of nitrogens with zero attached hydrogens (tertiary/aromatic N) is 5. The minimum atomic E-state index is -3.36. The molecule has 15 heteroatoms. The van der Waals surface area contributed by atoms with E-state index in [4.69, 9.17) is 19.4 Å². The Morgan fingerprint density at radius 1 is 1.05 bits per heavy atom. The molecule has 3 aromatic heterocycles. The van der Waals surface area contributed by atoms with Crippen LogP contribution in [-0.2, 0) is 43.2 Å². The number of ether oxygens (including phenoxy) is 3. The molecule has 5 rings (SSSR count). The summed E-state index contributed by atoms with van der Waals surface area (Å²) in [6.07, 6.45) is 6.23. The quantitative estimate of drug-likeness (QED) is 0.0496. The molecule has 1 aromatic carbocycles. The molecule has 1 atom stereocenters. The van der Waals surface area contributed by atoms with Gasteiger partial charge in [0.25, 0.3) is 12.4 Å². The Labute approximate surface area is 326 Å². The number of carbonyl (C=O) groups is 2. The van der Waals surface area contributed by atoms with E-state index in [1.165, 1.54) is 0 Å². The third kappa shape index (κ3) is 11.3. The molecule has 55 heavy (non-hydrogen) atoms. The molecule has 1 amide bonds. The van der Waals surface area contributed by atoms with Crippen molar-refractivity contribution in [3.8, 4) is 22.5 Å². The Kier molecular flexibility index (Phi) is 15.5. The average molecular weight is 784 g/mol. The lowest BCUT2D eigenvalue weighted by Gasteiger charge is -2.34. The third-order valence-corrected chi connectivity index (χ3v) is 10.9. The number of unbranched alkanes of at least 4 members (excludes halogenated alkanes) is 3. The summed E-state index contributed by atoms with van der Waals surface area (Å²) in [5.74, 6) is -3.36. The number of piperazine rings is 1. The predicted octanol–water partition coefficient (Wildman–Crippen LogP) is 6.42. The zero-order valence-electron chi connectivity index (χ0n) is 32.6. The van der Waals surface area contributed by atoms with Crippen molar-refractivity contribution in [2.45, 2.75) is 84.0 Å². The van der Waals surface area contributed by atoms with E-state index < -0.39 is 25.1 Å². The summed E-state index contributed by atoms with van der Waals surface area (Å²) >= 11 is 1.60. The van der Waals surface area contributed by atoms with Crippen LogP contribution in [0.5, 0.6) is 0 Å². The zero-order valence-corrected chi connectivity index (χ0v) is 33.4. The van der Waals surface area contributed by atoms with Gasteiger partial charge in [0, 0.05) is 80.2 Å². The maximum absolute atomic E-state index is 15.9. The predicted molar refractivity (Wildman–Crippen MR) is 213 cm³/mol. The van der Waals surface area contributed by atoms with Crippen LogP contribution in [0.2, 0.25) is 0 Å². The van der Waals surface area contributed by atoms with E-state index in [0.29, 0.717) is 47.5 Å². The first-order valence-corrected chi connectivity index (χ1v) is 20.0. The largest absolute Gasteiger partial charge is 0.461 e. The molecule has 0 bridgehead atoms. The minimum Gasteiger partial charge on any atom is -0.461 e. The second-order valence-corrected chi connectivity index (χ2v) is 15.3. The van der Waals surface area contributed by atoms with Crippen LogP contribution in [0.3, 0.4) is 0 Å². The number of halogens is 2. The average Bonchev–Trinajstić information content (AvgIpc) is 3.77. The molecule has 1 saturated heterocycles. The summed E-state index contributed by atoms with van der Waals surface area (Å²) in [6, 6.07) is 8.00. The van der Waals surface area contributed by atoms with Crippen molar-refractivity contribution >= 4 is 40.8 Å². The molecule has 1 aliphatic heterocycles. The Morgan fingerprint density at radius 3 is 2.56 bits per heavy atom. The standard InChI is InChI=1S/C40H55F2N7O5S/c1-28(2)54-19-18-49-36-12-11-30(35-24-55-37(46-35)10-8-6-7-9-13-44-45-26-50)20-32(36)34(22-40(41,42)25-53-27-51)39(49)33-21-31(23-43-38(33)29(3)52-5)48-16-14-47(4)15-17-48/h11-12,20-21,23-24,26-29,44H,6-10,13-19,22,25H2,1-5H3,(H,45,50). The van der Waals surface area contributed by atoms with Crippen molar-refractivity contribution in [1.82, 2.24) is 30.3 Å². The van der Waals surface area contributed by atoms with E-state index >= 15 is 8.78 Å². The van der Waals surface area contributed by atoms with Crippen molar-refractivity contribution in [1.29, 1.82) is 0 Å². The molecule has 0 radical (unpaired) electrons. The van der Waals surface area contributed by atoms with Gasteiger partial charge < -0.3 is 28.6 Å². The molecule has 2 N–H and O–H groups in total. The van der Waals surface area contributed by atoms with Crippen LogP contribution in [-0.4, -0.2) is 104 Å². The number of aryl methyl sites for hydroxylation is 1. The van der Waals surface area contributed by atoms with E-state index in [1.807, 2.05) is 50.5 Å². The van der Waals surface area contributed by atoms with Gasteiger partial charge in [-0.1, -0.05) is 18.9 Å². The van der Waals surface area contributed by atoms with E-state index in [-0.39, 0.29) is 12.6 Å². The number of hydrogen-bond donors (Lipinski definition) is 2. The topological polar surface area (TPSA) is 123 Å². The number of carbonyl (C=O) groups excluding carboxylic acids is 2. The number of pyridine rings is 1. The number of aromatic nitrogens is 3. The van der Waals surface area contributed by atoms with Crippen LogP contribution < -0.4 is 15.8 Å². The molecular formula is C40H55F2N7O5S. The molecule has 1 aliphatic rings. The van der Waals surface area contributed by atoms with Crippen LogP contribution in [0.4, 0.5) is 14.5 Å². The van der Waals surface area contributed by atoms with Gasteiger partial charge in [-0.15, -0.1) is 11.3 Å². The van der Waals surface area contributed by atoms with Crippen LogP contribution in [0, 0.1) is 0 Å². The summed E-state index contributed by atoms with van der Waals surface area (Å²) in [4.78, 5) is 35.9. The summed E-state index contributed by atoms with van der Waals surface area (Å²) in [6.45, 7) is 9.78. The van der Waals surface area contributed by atoms with Gasteiger partial charge in [-0.3, -0.25) is 20.0 Å².